The van der Waals surface area contributed by atoms with Gasteiger partial charge < -0.3 is 9.84 Å². The molecule has 1 aliphatic heterocycles. The third-order valence-corrected chi connectivity index (χ3v) is 5.48. The van der Waals surface area contributed by atoms with Crippen LogP contribution in [0.5, 0.6) is 5.75 Å². The Kier molecular flexibility index (Phi) is 5.73. The molecule has 1 N–H and O–H groups in total. The van der Waals surface area contributed by atoms with Gasteiger partial charge in [-0.2, -0.15) is 0 Å². The molecular weight excluding hydrogens is 411 g/mol. The molecule has 0 spiro atoms. The van der Waals surface area contributed by atoms with Crippen molar-refractivity contribution in [2.75, 3.05) is 12.0 Å². The van der Waals surface area contributed by atoms with Crippen LogP contribution < -0.4 is 9.64 Å². The number of methoxy groups -OCH3 is 1. The van der Waals surface area contributed by atoms with Crippen molar-refractivity contribution in [2.24, 2.45) is 0 Å². The third-order valence-electron chi connectivity index (χ3n) is 5.48. The lowest BCUT2D eigenvalue weighted by Crippen LogP contribution is -2.29. The highest BCUT2D eigenvalue weighted by Crippen LogP contribution is 2.43. The first kappa shape index (κ1) is 21.2. The van der Waals surface area contributed by atoms with Crippen LogP contribution in [-0.4, -0.2) is 28.9 Å². The summed E-state index contributed by atoms with van der Waals surface area (Å²) in [7, 11) is 1.37. The highest BCUT2D eigenvalue weighted by Gasteiger charge is 2.47. The quantitative estimate of drug-likeness (QED) is 0.367. The summed E-state index contributed by atoms with van der Waals surface area (Å²) in [6, 6.07) is 13.3. The van der Waals surface area contributed by atoms with Crippen molar-refractivity contribution in [3.63, 3.8) is 0 Å². The molecule has 0 bridgehead atoms. The Bertz CT molecular complexity index is 1210. The summed E-state index contributed by atoms with van der Waals surface area (Å²) in [5, 5.41) is 11.1. The predicted octanol–water partition coefficient (Wildman–Crippen LogP) is 4.42. The van der Waals surface area contributed by atoms with E-state index in [9.17, 15) is 19.1 Å². The number of ether oxygens (including phenoxy) is 1. The summed E-state index contributed by atoms with van der Waals surface area (Å²) in [4.78, 5) is 31.7. The second kappa shape index (κ2) is 8.63. The van der Waals surface area contributed by atoms with Gasteiger partial charge in [0, 0.05) is 18.1 Å². The van der Waals surface area contributed by atoms with Gasteiger partial charge in [0.1, 0.15) is 17.3 Å². The SMILES string of the molecule is CCc1ccc(N2C(=O)C(=O)/C(=C(/O)c3cc(F)ccc3OC)C2c2cccnc2)cc1. The van der Waals surface area contributed by atoms with E-state index in [2.05, 4.69) is 4.98 Å². The Hall–Kier alpha value is -4.00. The molecule has 0 aliphatic carbocycles. The number of carbonyl (C=O) groups excluding carboxylic acids is 2. The number of ketones is 1. The number of rotatable bonds is 5. The number of pyridine rings is 1. The number of aryl methyl sites for hydroxylation is 1. The van der Waals surface area contributed by atoms with Crippen molar-refractivity contribution in [2.45, 2.75) is 19.4 Å². The number of amides is 1. The predicted molar refractivity (Wildman–Crippen MR) is 118 cm³/mol. The van der Waals surface area contributed by atoms with Crippen LogP contribution in [0, 0.1) is 5.82 Å². The van der Waals surface area contributed by atoms with Crippen LogP contribution in [0.15, 0.2) is 72.6 Å². The van der Waals surface area contributed by atoms with Crippen LogP contribution in [0.1, 0.15) is 29.7 Å². The summed E-state index contributed by atoms with van der Waals surface area (Å²) >= 11 is 0. The first-order valence-corrected chi connectivity index (χ1v) is 10.1. The van der Waals surface area contributed by atoms with Gasteiger partial charge in [0.15, 0.2) is 0 Å². The number of benzene rings is 2. The Morgan fingerprint density at radius 1 is 1.16 bits per heavy atom. The van der Waals surface area contributed by atoms with Gasteiger partial charge in [0.05, 0.1) is 24.3 Å². The van der Waals surface area contributed by atoms with E-state index in [1.54, 1.807) is 30.5 Å². The molecule has 32 heavy (non-hydrogen) atoms. The molecule has 6 nitrogen and oxygen atoms in total. The summed E-state index contributed by atoms with van der Waals surface area (Å²) in [5.74, 6) is -2.62. The van der Waals surface area contributed by atoms with Crippen LogP contribution in [0.4, 0.5) is 10.1 Å². The second-order valence-corrected chi connectivity index (χ2v) is 7.32. The summed E-state index contributed by atoms with van der Waals surface area (Å²) in [6.45, 7) is 2.02. The normalized spacial score (nSPS) is 17.6. The van der Waals surface area contributed by atoms with Gasteiger partial charge in [-0.05, 0) is 53.9 Å². The number of carbonyl (C=O) groups is 2. The molecule has 0 radical (unpaired) electrons. The molecule has 1 amide bonds. The monoisotopic (exact) mass is 432 g/mol. The molecule has 7 heteroatoms. The maximum absolute atomic E-state index is 14.0. The van der Waals surface area contributed by atoms with Crippen molar-refractivity contribution >= 4 is 23.1 Å². The maximum Gasteiger partial charge on any atom is 0.300 e. The Morgan fingerprint density at radius 2 is 1.91 bits per heavy atom. The van der Waals surface area contributed by atoms with E-state index in [1.807, 2.05) is 19.1 Å². The van der Waals surface area contributed by atoms with Crippen LogP contribution in [0.2, 0.25) is 0 Å². The van der Waals surface area contributed by atoms with E-state index in [0.717, 1.165) is 18.1 Å². The standard InChI is InChI=1S/C25H21FN2O4/c1-3-15-6-9-18(10-7-15)28-22(16-5-4-12-27-14-16)21(24(30)25(28)31)23(29)19-13-17(26)8-11-20(19)32-2/h4-14,22,29H,3H2,1-2H3/b23-21+. The van der Waals surface area contributed by atoms with Crippen molar-refractivity contribution in [3.05, 3.63) is 95.1 Å². The molecule has 1 unspecified atom stereocenters. The zero-order valence-corrected chi connectivity index (χ0v) is 17.6. The van der Waals surface area contributed by atoms with Gasteiger partial charge >= 0.3 is 0 Å². The number of halogens is 1. The van der Waals surface area contributed by atoms with Gasteiger partial charge in [0.2, 0.25) is 0 Å². The molecule has 0 saturated carbocycles. The number of aromatic nitrogens is 1. The number of nitrogens with zero attached hydrogens (tertiary/aromatic N) is 2. The number of aliphatic hydroxyl groups is 1. The van der Waals surface area contributed by atoms with Gasteiger partial charge in [-0.3, -0.25) is 19.5 Å². The van der Waals surface area contributed by atoms with Gasteiger partial charge in [-0.1, -0.05) is 25.1 Å². The van der Waals surface area contributed by atoms with Gasteiger partial charge in [-0.25, -0.2) is 4.39 Å². The van der Waals surface area contributed by atoms with Crippen molar-refractivity contribution in [1.82, 2.24) is 4.98 Å². The smallest absolute Gasteiger partial charge is 0.300 e. The van der Waals surface area contributed by atoms with Gasteiger partial charge in [-0.15, -0.1) is 0 Å². The zero-order chi connectivity index (χ0) is 22.8. The number of hydrogen-bond donors (Lipinski definition) is 1. The fourth-order valence-electron chi connectivity index (χ4n) is 3.85. The van der Waals surface area contributed by atoms with Crippen LogP contribution >= 0.6 is 0 Å². The largest absolute Gasteiger partial charge is 0.507 e. The third kappa shape index (κ3) is 3.62. The fraction of sp³-hybridized carbons (Fsp3) is 0.160. The highest BCUT2D eigenvalue weighted by molar-refractivity contribution is 6.51. The minimum absolute atomic E-state index is 0.0132. The van der Waals surface area contributed by atoms with Crippen LogP contribution in [-0.2, 0) is 16.0 Å². The molecule has 1 aliphatic rings. The number of Topliss-reactive ketones (excluding diaryl/α,β-unsaturated/α-hetero) is 1. The van der Waals surface area contributed by atoms with E-state index in [1.165, 1.54) is 30.3 Å². The lowest BCUT2D eigenvalue weighted by atomic mass is 9.95. The molecular formula is C25H21FN2O4. The highest BCUT2D eigenvalue weighted by atomic mass is 19.1. The lowest BCUT2D eigenvalue weighted by molar-refractivity contribution is -0.132. The number of hydrogen-bond acceptors (Lipinski definition) is 5. The average Bonchev–Trinajstić information content (AvgIpc) is 3.09. The van der Waals surface area contributed by atoms with Crippen molar-refractivity contribution in [3.8, 4) is 5.75 Å². The molecule has 1 saturated heterocycles. The number of aliphatic hydroxyl groups excluding tert-OH is 1. The Morgan fingerprint density at radius 3 is 2.53 bits per heavy atom. The first-order valence-electron chi connectivity index (χ1n) is 10.1. The van der Waals surface area contributed by atoms with Crippen LogP contribution in [0.25, 0.3) is 5.76 Å². The Labute approximate surface area is 184 Å². The minimum Gasteiger partial charge on any atom is -0.507 e. The molecule has 3 aromatic rings. The van der Waals surface area contributed by atoms with E-state index in [0.29, 0.717) is 11.3 Å². The molecule has 1 aromatic heterocycles. The average molecular weight is 432 g/mol. The van der Waals surface area contributed by atoms with Crippen LogP contribution in [0.3, 0.4) is 0 Å². The molecule has 162 valence electrons. The Balaban J connectivity index is 1.95. The molecule has 1 atom stereocenters. The second-order valence-electron chi connectivity index (χ2n) is 7.32. The van der Waals surface area contributed by atoms with E-state index < -0.39 is 29.3 Å². The summed E-state index contributed by atoms with van der Waals surface area (Å²) in [5.41, 5.74) is 1.94. The molecule has 4 rings (SSSR count). The molecule has 2 heterocycles. The minimum atomic E-state index is -0.941. The molecule has 2 aromatic carbocycles. The molecule has 1 fully saturated rings. The summed E-state index contributed by atoms with van der Waals surface area (Å²) < 4.78 is 19.2. The summed E-state index contributed by atoms with van der Waals surface area (Å²) in [6.07, 6.45) is 3.92. The number of anilines is 1. The maximum atomic E-state index is 14.0. The van der Waals surface area contributed by atoms with Crippen molar-refractivity contribution < 1.29 is 23.8 Å². The topological polar surface area (TPSA) is 79.7 Å². The van der Waals surface area contributed by atoms with Crippen molar-refractivity contribution in [1.29, 1.82) is 0 Å². The van der Waals surface area contributed by atoms with E-state index in [-0.39, 0.29) is 16.9 Å². The van der Waals surface area contributed by atoms with E-state index in [4.69, 9.17) is 4.74 Å². The first-order chi connectivity index (χ1) is 15.5. The zero-order valence-electron chi connectivity index (χ0n) is 17.6. The van der Waals surface area contributed by atoms with E-state index >= 15 is 0 Å². The lowest BCUT2D eigenvalue weighted by Gasteiger charge is -2.25. The van der Waals surface area contributed by atoms with Gasteiger partial charge in [0.25, 0.3) is 11.7 Å². The fourth-order valence-corrected chi connectivity index (χ4v) is 3.85.